The van der Waals surface area contributed by atoms with Crippen LogP contribution in [0, 0.1) is 0 Å². The fraction of sp³-hybridized carbons (Fsp3) is 0.417. The Hall–Kier alpha value is -1.23. The van der Waals surface area contributed by atoms with Crippen molar-refractivity contribution in [2.75, 3.05) is 17.3 Å². The van der Waals surface area contributed by atoms with Gasteiger partial charge in [-0.2, -0.15) is 0 Å². The molecule has 0 radical (unpaired) electrons. The molecule has 17 heavy (non-hydrogen) atoms. The van der Waals surface area contributed by atoms with Crippen LogP contribution >= 0.6 is 15.9 Å². The minimum atomic E-state index is -0.589. The number of nitrogens with zero attached hydrogens (tertiary/aromatic N) is 2. The normalized spacial score (nSPS) is 17.2. The van der Waals surface area contributed by atoms with Crippen molar-refractivity contribution in [1.29, 1.82) is 0 Å². The van der Waals surface area contributed by atoms with Gasteiger partial charge in [0, 0.05) is 7.05 Å². The van der Waals surface area contributed by atoms with Gasteiger partial charge in [-0.15, -0.1) is 0 Å². The van der Waals surface area contributed by atoms with E-state index in [2.05, 4.69) is 20.9 Å². The maximum absolute atomic E-state index is 12.0. The molecule has 2 rings (SSSR count). The molecule has 1 aromatic rings. The van der Waals surface area contributed by atoms with Crippen molar-refractivity contribution in [1.82, 2.24) is 4.98 Å². The average Bonchev–Trinajstić information content (AvgIpc) is 2.50. The lowest BCUT2D eigenvalue weighted by Gasteiger charge is -2.16. The van der Waals surface area contributed by atoms with E-state index in [0.29, 0.717) is 5.69 Å². The standard InChI is InChI=1S/C12H13BrN2O2/c1-12(2)7-4-8(10(16)5-13)14-6-9(7)15(3)11(12)17/h4,6H,5H2,1-3H3. The number of aromatic nitrogens is 1. The van der Waals surface area contributed by atoms with Gasteiger partial charge >= 0.3 is 0 Å². The predicted octanol–water partition coefficient (Wildman–Crippen LogP) is 1.91. The summed E-state index contributed by atoms with van der Waals surface area (Å²) in [7, 11) is 1.73. The van der Waals surface area contributed by atoms with Gasteiger partial charge in [0.15, 0.2) is 5.78 Å². The van der Waals surface area contributed by atoms with Gasteiger partial charge in [-0.1, -0.05) is 15.9 Å². The maximum Gasteiger partial charge on any atom is 0.236 e. The van der Waals surface area contributed by atoms with Crippen LogP contribution in [0.3, 0.4) is 0 Å². The zero-order valence-electron chi connectivity index (χ0n) is 9.95. The van der Waals surface area contributed by atoms with E-state index in [9.17, 15) is 9.59 Å². The first-order valence-electron chi connectivity index (χ1n) is 5.27. The zero-order valence-corrected chi connectivity index (χ0v) is 11.5. The number of likely N-dealkylation sites (N-methyl/N-ethyl adjacent to an activating group) is 1. The third-order valence-electron chi connectivity index (χ3n) is 3.16. The highest BCUT2D eigenvalue weighted by molar-refractivity contribution is 9.09. The number of Topliss-reactive ketones (excluding diaryl/α,β-unsaturated/α-hetero) is 1. The first-order chi connectivity index (χ1) is 7.89. The number of fused-ring (bicyclic) bond motifs is 1. The zero-order chi connectivity index (χ0) is 12.8. The quantitative estimate of drug-likeness (QED) is 0.619. The van der Waals surface area contributed by atoms with Crippen LogP contribution in [0.5, 0.6) is 0 Å². The number of alkyl halides is 1. The van der Waals surface area contributed by atoms with E-state index in [0.717, 1.165) is 11.3 Å². The fourth-order valence-corrected chi connectivity index (χ4v) is 2.37. The summed E-state index contributed by atoms with van der Waals surface area (Å²) in [6, 6.07) is 1.72. The number of amides is 1. The minimum Gasteiger partial charge on any atom is -0.313 e. The predicted molar refractivity (Wildman–Crippen MR) is 68.8 cm³/mol. The second-order valence-electron chi connectivity index (χ2n) is 4.63. The van der Waals surface area contributed by atoms with Gasteiger partial charge in [0.1, 0.15) is 5.69 Å². The Balaban J connectivity index is 2.58. The summed E-state index contributed by atoms with van der Waals surface area (Å²) in [6.07, 6.45) is 1.60. The van der Waals surface area contributed by atoms with Crippen molar-refractivity contribution < 1.29 is 9.59 Å². The van der Waals surface area contributed by atoms with Crippen molar-refractivity contribution >= 4 is 33.3 Å². The van der Waals surface area contributed by atoms with Crippen LogP contribution in [0.4, 0.5) is 5.69 Å². The van der Waals surface area contributed by atoms with Crippen molar-refractivity contribution in [3.05, 3.63) is 23.5 Å². The summed E-state index contributed by atoms with van der Waals surface area (Å²) in [5.74, 6) is -0.0525. The maximum atomic E-state index is 12.0. The number of ketones is 1. The van der Waals surface area contributed by atoms with Crippen LogP contribution in [0.25, 0.3) is 0 Å². The third-order valence-corrected chi connectivity index (χ3v) is 3.67. The van der Waals surface area contributed by atoms with Crippen LogP contribution < -0.4 is 4.90 Å². The van der Waals surface area contributed by atoms with E-state index < -0.39 is 5.41 Å². The molecule has 1 aliphatic rings. The molecule has 1 aromatic heterocycles. The molecule has 4 nitrogen and oxygen atoms in total. The molecule has 0 atom stereocenters. The second-order valence-corrected chi connectivity index (χ2v) is 5.19. The molecule has 2 heterocycles. The Morgan fingerprint density at radius 1 is 1.53 bits per heavy atom. The van der Waals surface area contributed by atoms with Gasteiger partial charge in [-0.3, -0.25) is 14.6 Å². The van der Waals surface area contributed by atoms with Crippen LogP contribution in [-0.4, -0.2) is 29.1 Å². The van der Waals surface area contributed by atoms with Gasteiger partial charge in [0.25, 0.3) is 0 Å². The number of hydrogen-bond donors (Lipinski definition) is 0. The van der Waals surface area contributed by atoms with Crippen molar-refractivity contribution in [3.63, 3.8) is 0 Å². The SMILES string of the molecule is CN1C(=O)C(C)(C)c2cc(C(=O)CBr)ncc21. The van der Waals surface area contributed by atoms with E-state index >= 15 is 0 Å². The Bertz CT molecular complexity index is 511. The van der Waals surface area contributed by atoms with Crippen LogP contribution in [0.15, 0.2) is 12.3 Å². The Kier molecular flexibility index (Phi) is 2.81. The monoisotopic (exact) mass is 296 g/mol. The number of hydrogen-bond acceptors (Lipinski definition) is 3. The summed E-state index contributed by atoms with van der Waals surface area (Å²) < 4.78 is 0. The van der Waals surface area contributed by atoms with Crippen molar-refractivity contribution in [2.45, 2.75) is 19.3 Å². The number of pyridine rings is 1. The van der Waals surface area contributed by atoms with Gasteiger partial charge < -0.3 is 4.90 Å². The van der Waals surface area contributed by atoms with Gasteiger partial charge in [0.2, 0.25) is 5.91 Å². The lowest BCUT2D eigenvalue weighted by molar-refractivity contribution is -0.121. The first kappa shape index (κ1) is 12.2. The molecule has 0 bridgehead atoms. The molecule has 90 valence electrons. The molecule has 1 amide bonds. The number of halogens is 1. The van der Waals surface area contributed by atoms with Gasteiger partial charge in [-0.25, -0.2) is 0 Å². The first-order valence-corrected chi connectivity index (χ1v) is 6.39. The highest BCUT2D eigenvalue weighted by atomic mass is 79.9. The number of anilines is 1. The molecule has 5 heteroatoms. The lowest BCUT2D eigenvalue weighted by Crippen LogP contribution is -2.33. The summed E-state index contributed by atoms with van der Waals surface area (Å²) in [5.41, 5.74) is 1.46. The molecule has 0 aromatic carbocycles. The summed E-state index contributed by atoms with van der Waals surface area (Å²) >= 11 is 3.12. The van der Waals surface area contributed by atoms with Gasteiger partial charge in [-0.05, 0) is 25.5 Å². The van der Waals surface area contributed by atoms with E-state index in [1.54, 1.807) is 24.2 Å². The smallest absolute Gasteiger partial charge is 0.236 e. The molecule has 0 fully saturated rings. The highest BCUT2D eigenvalue weighted by Gasteiger charge is 2.42. The third kappa shape index (κ3) is 1.69. The molecular weight excluding hydrogens is 284 g/mol. The molecule has 0 saturated carbocycles. The van der Waals surface area contributed by atoms with Gasteiger partial charge in [0.05, 0.1) is 22.6 Å². The second kappa shape index (κ2) is 3.91. The molecule has 0 N–H and O–H groups in total. The summed E-state index contributed by atoms with van der Waals surface area (Å²) in [5, 5.41) is 0.239. The fourth-order valence-electron chi connectivity index (χ4n) is 2.08. The van der Waals surface area contributed by atoms with E-state index in [1.165, 1.54) is 0 Å². The number of carbonyl (C=O) groups is 2. The Morgan fingerprint density at radius 2 is 2.18 bits per heavy atom. The van der Waals surface area contributed by atoms with Crippen LogP contribution in [0.1, 0.15) is 29.9 Å². The van der Waals surface area contributed by atoms with Crippen LogP contribution in [-0.2, 0) is 10.2 Å². The lowest BCUT2D eigenvalue weighted by atomic mass is 9.86. The molecule has 0 unspecified atom stereocenters. The van der Waals surface area contributed by atoms with E-state index in [4.69, 9.17) is 0 Å². The van der Waals surface area contributed by atoms with E-state index in [-0.39, 0.29) is 17.0 Å². The number of rotatable bonds is 2. The molecule has 0 saturated heterocycles. The Morgan fingerprint density at radius 3 is 2.76 bits per heavy atom. The largest absolute Gasteiger partial charge is 0.313 e. The highest BCUT2D eigenvalue weighted by Crippen LogP contribution is 2.40. The van der Waals surface area contributed by atoms with Crippen LogP contribution in [0.2, 0.25) is 0 Å². The Labute approximate surface area is 108 Å². The number of carbonyl (C=O) groups excluding carboxylic acids is 2. The summed E-state index contributed by atoms with van der Waals surface area (Å²) in [6.45, 7) is 3.72. The molecule has 0 spiro atoms. The average molecular weight is 297 g/mol. The minimum absolute atomic E-state index is 0.0257. The van der Waals surface area contributed by atoms with Crippen molar-refractivity contribution in [2.24, 2.45) is 0 Å². The van der Waals surface area contributed by atoms with E-state index in [1.807, 2.05) is 13.8 Å². The molecule has 1 aliphatic heterocycles. The molecule has 0 aliphatic carbocycles. The topological polar surface area (TPSA) is 50.3 Å². The summed E-state index contributed by atoms with van der Waals surface area (Å²) in [4.78, 5) is 29.3. The van der Waals surface area contributed by atoms with Crippen molar-refractivity contribution in [3.8, 4) is 0 Å². The molecular formula is C12H13BrN2O2.